The van der Waals surface area contributed by atoms with Gasteiger partial charge in [-0.25, -0.2) is 4.39 Å². The molecule has 0 aliphatic heterocycles. The number of thioether (sulfide) groups is 1. The number of nitrogens with zero attached hydrogens (tertiary/aromatic N) is 1. The summed E-state index contributed by atoms with van der Waals surface area (Å²) < 4.78 is 12.8. The Balaban J connectivity index is 2.39. The summed E-state index contributed by atoms with van der Waals surface area (Å²) in [6, 6.07) is 6.35. The highest BCUT2D eigenvalue weighted by Gasteiger charge is 2.17. The Labute approximate surface area is 118 Å². The van der Waals surface area contributed by atoms with Gasteiger partial charge in [0.05, 0.1) is 0 Å². The van der Waals surface area contributed by atoms with E-state index in [1.54, 1.807) is 28.8 Å². The number of hydrogen-bond donors (Lipinski definition) is 1. The van der Waals surface area contributed by atoms with E-state index in [1.807, 2.05) is 21.0 Å². The van der Waals surface area contributed by atoms with Crippen LogP contribution in [0.15, 0.2) is 29.2 Å². The zero-order valence-electron chi connectivity index (χ0n) is 11.6. The first-order chi connectivity index (χ1) is 9.04. The smallest absolute Gasteiger partial charge is 0.226 e. The number of halogens is 1. The molecule has 1 unspecified atom stereocenters. The van der Waals surface area contributed by atoms with Crippen LogP contribution >= 0.6 is 11.8 Å². The summed E-state index contributed by atoms with van der Waals surface area (Å²) in [5, 5.41) is 3.02. The van der Waals surface area contributed by atoms with Crippen LogP contribution in [-0.4, -0.2) is 43.7 Å². The molecule has 1 rings (SSSR count). The van der Waals surface area contributed by atoms with Gasteiger partial charge in [0.2, 0.25) is 5.91 Å². The topological polar surface area (TPSA) is 32.3 Å². The van der Waals surface area contributed by atoms with E-state index in [0.29, 0.717) is 12.3 Å². The second kappa shape index (κ2) is 8.17. The lowest BCUT2D eigenvalue weighted by Crippen LogP contribution is -2.36. The average Bonchev–Trinajstić information content (AvgIpc) is 2.42. The number of amides is 1. The summed E-state index contributed by atoms with van der Waals surface area (Å²) in [7, 11) is 3.69. The average molecular weight is 284 g/mol. The number of likely N-dealkylation sites (N-methyl/N-ethyl adjacent to an activating group) is 2. The van der Waals surface area contributed by atoms with Crippen LogP contribution in [0.25, 0.3) is 0 Å². The van der Waals surface area contributed by atoms with Crippen LogP contribution in [0.2, 0.25) is 0 Å². The fourth-order valence-corrected chi connectivity index (χ4v) is 2.50. The summed E-state index contributed by atoms with van der Waals surface area (Å²) in [5.74, 6) is 0.566. The molecule has 19 heavy (non-hydrogen) atoms. The molecule has 1 amide bonds. The highest BCUT2D eigenvalue weighted by Crippen LogP contribution is 2.21. The second-order valence-corrected chi connectivity index (χ2v) is 5.62. The number of nitrogens with one attached hydrogen (secondary N) is 1. The van der Waals surface area contributed by atoms with Crippen molar-refractivity contribution in [3.05, 3.63) is 30.1 Å². The Bertz CT molecular complexity index is 397. The largest absolute Gasteiger partial charge is 0.344 e. The van der Waals surface area contributed by atoms with Gasteiger partial charge in [-0.05, 0) is 31.3 Å². The molecule has 0 radical (unpaired) electrons. The van der Waals surface area contributed by atoms with Gasteiger partial charge in [-0.3, -0.25) is 4.79 Å². The minimum atomic E-state index is -0.236. The first-order valence-electron chi connectivity index (χ1n) is 6.32. The van der Waals surface area contributed by atoms with Crippen LogP contribution < -0.4 is 5.32 Å². The molecule has 0 fully saturated rings. The van der Waals surface area contributed by atoms with Gasteiger partial charge >= 0.3 is 0 Å². The van der Waals surface area contributed by atoms with E-state index in [-0.39, 0.29) is 17.6 Å². The SMILES string of the molecule is CNCCN(C)C(=O)C(C)CSc1ccc(F)cc1. The Hall–Kier alpha value is -1.07. The quantitative estimate of drug-likeness (QED) is 0.779. The Morgan fingerprint density at radius 1 is 1.42 bits per heavy atom. The lowest BCUT2D eigenvalue weighted by atomic mass is 10.2. The standard InChI is InChI=1S/C14H21FN2OS/c1-11(14(18)17(3)9-8-16-2)10-19-13-6-4-12(15)5-7-13/h4-7,11,16H,8-10H2,1-3H3. The van der Waals surface area contributed by atoms with Gasteiger partial charge in [-0.15, -0.1) is 11.8 Å². The highest BCUT2D eigenvalue weighted by atomic mass is 32.2. The molecule has 0 aliphatic carbocycles. The number of rotatable bonds is 7. The summed E-state index contributed by atoms with van der Waals surface area (Å²) in [4.78, 5) is 14.8. The predicted octanol–water partition coefficient (Wildman–Crippen LogP) is 2.23. The van der Waals surface area contributed by atoms with Gasteiger partial charge in [-0.2, -0.15) is 0 Å². The normalized spacial score (nSPS) is 12.2. The zero-order chi connectivity index (χ0) is 14.3. The minimum Gasteiger partial charge on any atom is -0.344 e. The van der Waals surface area contributed by atoms with E-state index < -0.39 is 0 Å². The molecule has 5 heteroatoms. The fraction of sp³-hybridized carbons (Fsp3) is 0.500. The molecule has 0 aromatic heterocycles. The molecule has 0 heterocycles. The number of hydrogen-bond acceptors (Lipinski definition) is 3. The number of carbonyl (C=O) groups is 1. The molecule has 0 saturated heterocycles. The third-order valence-corrected chi connectivity index (χ3v) is 4.08. The third kappa shape index (κ3) is 5.61. The molecule has 0 aliphatic rings. The van der Waals surface area contributed by atoms with Crippen molar-refractivity contribution in [2.75, 3.05) is 32.9 Å². The maximum absolute atomic E-state index is 12.8. The molecule has 0 bridgehead atoms. The molecule has 1 aromatic carbocycles. The second-order valence-electron chi connectivity index (χ2n) is 4.53. The maximum Gasteiger partial charge on any atom is 0.226 e. The van der Waals surface area contributed by atoms with Gasteiger partial charge in [0, 0.05) is 36.7 Å². The van der Waals surface area contributed by atoms with Crippen molar-refractivity contribution in [1.29, 1.82) is 0 Å². The van der Waals surface area contributed by atoms with Gasteiger partial charge in [0.1, 0.15) is 5.82 Å². The predicted molar refractivity (Wildman–Crippen MR) is 77.9 cm³/mol. The zero-order valence-corrected chi connectivity index (χ0v) is 12.5. The molecule has 1 aromatic rings. The van der Waals surface area contributed by atoms with Crippen molar-refractivity contribution in [3.8, 4) is 0 Å². The van der Waals surface area contributed by atoms with Crippen LogP contribution in [-0.2, 0) is 4.79 Å². The van der Waals surface area contributed by atoms with Crippen molar-refractivity contribution >= 4 is 17.7 Å². The van der Waals surface area contributed by atoms with Crippen molar-refractivity contribution in [2.45, 2.75) is 11.8 Å². The van der Waals surface area contributed by atoms with Gasteiger partial charge in [0.25, 0.3) is 0 Å². The lowest BCUT2D eigenvalue weighted by Gasteiger charge is -2.21. The van der Waals surface area contributed by atoms with E-state index in [9.17, 15) is 9.18 Å². The Morgan fingerprint density at radius 3 is 2.63 bits per heavy atom. The Kier molecular flexibility index (Phi) is 6.87. The van der Waals surface area contributed by atoms with E-state index in [1.165, 1.54) is 12.1 Å². The van der Waals surface area contributed by atoms with Crippen LogP contribution in [0.1, 0.15) is 6.92 Å². The van der Waals surface area contributed by atoms with Crippen LogP contribution in [0.3, 0.4) is 0 Å². The molecule has 0 saturated carbocycles. The van der Waals surface area contributed by atoms with E-state index in [0.717, 1.165) is 11.4 Å². The number of benzene rings is 1. The van der Waals surface area contributed by atoms with Crippen LogP contribution in [0.4, 0.5) is 4.39 Å². The lowest BCUT2D eigenvalue weighted by molar-refractivity contribution is -0.132. The first-order valence-corrected chi connectivity index (χ1v) is 7.31. The molecule has 106 valence electrons. The minimum absolute atomic E-state index is 0.0445. The van der Waals surface area contributed by atoms with Crippen molar-refractivity contribution in [3.63, 3.8) is 0 Å². The summed E-state index contributed by atoms with van der Waals surface area (Å²) in [5.41, 5.74) is 0. The summed E-state index contributed by atoms with van der Waals surface area (Å²) >= 11 is 1.58. The van der Waals surface area contributed by atoms with Crippen molar-refractivity contribution < 1.29 is 9.18 Å². The maximum atomic E-state index is 12.8. The van der Waals surface area contributed by atoms with Crippen LogP contribution in [0, 0.1) is 11.7 Å². The molecular formula is C14H21FN2OS. The van der Waals surface area contributed by atoms with Crippen LogP contribution in [0.5, 0.6) is 0 Å². The fourth-order valence-electron chi connectivity index (χ4n) is 1.59. The van der Waals surface area contributed by atoms with Crippen molar-refractivity contribution in [2.24, 2.45) is 5.92 Å². The van der Waals surface area contributed by atoms with E-state index >= 15 is 0 Å². The number of carbonyl (C=O) groups excluding carboxylic acids is 1. The van der Waals surface area contributed by atoms with E-state index in [4.69, 9.17) is 0 Å². The molecule has 0 spiro atoms. The summed E-state index contributed by atoms with van der Waals surface area (Å²) in [6.45, 7) is 3.43. The van der Waals surface area contributed by atoms with Gasteiger partial charge < -0.3 is 10.2 Å². The summed E-state index contributed by atoms with van der Waals surface area (Å²) in [6.07, 6.45) is 0. The first kappa shape index (κ1) is 16.0. The molecule has 3 nitrogen and oxygen atoms in total. The van der Waals surface area contributed by atoms with Gasteiger partial charge in [0.15, 0.2) is 0 Å². The van der Waals surface area contributed by atoms with Gasteiger partial charge in [-0.1, -0.05) is 6.92 Å². The highest BCUT2D eigenvalue weighted by molar-refractivity contribution is 7.99. The Morgan fingerprint density at radius 2 is 2.05 bits per heavy atom. The molecule has 1 N–H and O–H groups in total. The third-order valence-electron chi connectivity index (χ3n) is 2.81. The monoisotopic (exact) mass is 284 g/mol. The van der Waals surface area contributed by atoms with Crippen molar-refractivity contribution in [1.82, 2.24) is 10.2 Å². The van der Waals surface area contributed by atoms with E-state index in [2.05, 4.69) is 5.32 Å². The molecule has 1 atom stereocenters. The molecular weight excluding hydrogens is 263 g/mol.